The molecule has 7 heteroatoms. The molecule has 0 aliphatic rings. The predicted octanol–water partition coefficient (Wildman–Crippen LogP) is 4.49. The molecule has 0 saturated heterocycles. The maximum absolute atomic E-state index is 11.9. The summed E-state index contributed by atoms with van der Waals surface area (Å²) in [6, 6.07) is 17.6. The van der Waals surface area contributed by atoms with Gasteiger partial charge >= 0.3 is 0 Å². The lowest BCUT2D eigenvalue weighted by molar-refractivity contribution is -0.111. The van der Waals surface area contributed by atoms with Crippen LogP contribution in [-0.4, -0.2) is 22.4 Å². The average molecular weight is 383 g/mol. The molecule has 26 heavy (non-hydrogen) atoms. The summed E-state index contributed by atoms with van der Waals surface area (Å²) in [5.74, 6) is 0.548. The molecule has 0 saturated carbocycles. The number of ether oxygens (including phenoxy) is 1. The van der Waals surface area contributed by atoms with E-state index in [0.717, 1.165) is 21.2 Å². The van der Waals surface area contributed by atoms with Gasteiger partial charge in [0.05, 0.1) is 0 Å². The molecule has 0 atom stereocenters. The van der Waals surface area contributed by atoms with E-state index in [1.54, 1.807) is 6.08 Å². The van der Waals surface area contributed by atoms with Crippen LogP contribution in [-0.2, 0) is 11.4 Å². The van der Waals surface area contributed by atoms with E-state index in [1.807, 2.05) is 60.9 Å². The Bertz CT molecular complexity index is 877. The van der Waals surface area contributed by atoms with Crippen molar-refractivity contribution in [1.29, 1.82) is 0 Å². The molecule has 3 rings (SSSR count). The van der Waals surface area contributed by atoms with E-state index in [-0.39, 0.29) is 5.91 Å². The molecule has 0 unspecified atom stereocenters. The fourth-order valence-corrected chi connectivity index (χ4v) is 3.25. The first-order valence-electron chi connectivity index (χ1n) is 7.86. The summed E-state index contributed by atoms with van der Waals surface area (Å²) in [6.07, 6.45) is 5.13. The first-order chi connectivity index (χ1) is 12.7. The number of nitrogens with zero attached hydrogens (tertiary/aromatic N) is 2. The number of aromatic nitrogens is 2. The summed E-state index contributed by atoms with van der Waals surface area (Å²) in [6.45, 7) is 0.526. The van der Waals surface area contributed by atoms with Crippen LogP contribution in [0.25, 0.3) is 6.08 Å². The van der Waals surface area contributed by atoms with Crippen molar-refractivity contribution >= 4 is 40.2 Å². The number of anilines is 1. The highest BCUT2D eigenvalue weighted by Crippen LogP contribution is 2.23. The molecule has 1 N–H and O–H groups in total. The van der Waals surface area contributed by atoms with Crippen LogP contribution in [0.5, 0.6) is 5.75 Å². The molecule has 1 heterocycles. The predicted molar refractivity (Wildman–Crippen MR) is 107 cm³/mol. The van der Waals surface area contributed by atoms with Gasteiger partial charge in [-0.2, -0.15) is 0 Å². The standard InChI is InChI=1S/C19H17N3O2S2/c1-25-19-22-21-18(26-19)20-17(23)12-9-14-7-10-16(11-8-14)24-13-15-5-3-2-4-6-15/h2-12H,13H2,1H3,(H,20,21,23)/b12-9+. The number of nitrogens with one attached hydrogen (secondary N) is 1. The Balaban J connectivity index is 1.51. The Morgan fingerprint density at radius 3 is 2.62 bits per heavy atom. The molecule has 5 nitrogen and oxygen atoms in total. The van der Waals surface area contributed by atoms with Crippen molar-refractivity contribution < 1.29 is 9.53 Å². The number of benzene rings is 2. The van der Waals surface area contributed by atoms with E-state index in [4.69, 9.17) is 4.74 Å². The molecular weight excluding hydrogens is 366 g/mol. The van der Waals surface area contributed by atoms with Crippen LogP contribution in [0, 0.1) is 0 Å². The van der Waals surface area contributed by atoms with Crippen molar-refractivity contribution in [2.24, 2.45) is 0 Å². The largest absolute Gasteiger partial charge is 0.489 e. The SMILES string of the molecule is CSc1nnc(NC(=O)/C=C/c2ccc(OCc3ccccc3)cc2)s1. The molecular formula is C19H17N3O2S2. The van der Waals surface area contributed by atoms with E-state index < -0.39 is 0 Å². The molecule has 1 aromatic heterocycles. The van der Waals surface area contributed by atoms with Gasteiger partial charge in [0.2, 0.25) is 11.0 Å². The Labute approximate surface area is 160 Å². The van der Waals surface area contributed by atoms with Gasteiger partial charge in [0, 0.05) is 6.08 Å². The molecule has 2 aromatic carbocycles. The second-order valence-electron chi connectivity index (χ2n) is 5.24. The van der Waals surface area contributed by atoms with Crippen LogP contribution in [0.15, 0.2) is 65.0 Å². The zero-order chi connectivity index (χ0) is 18.2. The lowest BCUT2D eigenvalue weighted by atomic mass is 10.2. The zero-order valence-corrected chi connectivity index (χ0v) is 15.7. The summed E-state index contributed by atoms with van der Waals surface area (Å²) in [5, 5.41) is 11.0. The van der Waals surface area contributed by atoms with Crippen molar-refractivity contribution in [3.8, 4) is 5.75 Å². The summed E-state index contributed by atoms with van der Waals surface area (Å²) in [7, 11) is 0. The van der Waals surface area contributed by atoms with Gasteiger partial charge in [-0.15, -0.1) is 10.2 Å². The van der Waals surface area contributed by atoms with Crippen LogP contribution in [0.4, 0.5) is 5.13 Å². The first kappa shape index (κ1) is 18.2. The van der Waals surface area contributed by atoms with Crippen molar-refractivity contribution in [2.45, 2.75) is 10.9 Å². The van der Waals surface area contributed by atoms with E-state index in [9.17, 15) is 4.79 Å². The molecule has 3 aromatic rings. The highest BCUT2D eigenvalue weighted by molar-refractivity contribution is 8.00. The van der Waals surface area contributed by atoms with Gasteiger partial charge in [0.1, 0.15) is 12.4 Å². The van der Waals surface area contributed by atoms with Gasteiger partial charge in [0.15, 0.2) is 4.34 Å². The number of rotatable bonds is 7. The Hall–Kier alpha value is -2.64. The third kappa shape index (κ3) is 5.44. The minimum absolute atomic E-state index is 0.238. The summed E-state index contributed by atoms with van der Waals surface area (Å²) < 4.78 is 6.56. The lowest BCUT2D eigenvalue weighted by Crippen LogP contribution is -2.07. The molecule has 1 amide bonds. The summed E-state index contributed by atoms with van der Waals surface area (Å²) in [5.41, 5.74) is 2.03. The van der Waals surface area contributed by atoms with Gasteiger partial charge in [-0.05, 0) is 35.6 Å². The second-order valence-corrected chi connectivity index (χ2v) is 7.27. The number of hydrogen-bond donors (Lipinski definition) is 1. The highest BCUT2D eigenvalue weighted by Gasteiger charge is 2.05. The fourth-order valence-electron chi connectivity index (χ4n) is 2.08. The number of thioether (sulfide) groups is 1. The van der Waals surface area contributed by atoms with Crippen molar-refractivity contribution in [2.75, 3.05) is 11.6 Å². The van der Waals surface area contributed by atoms with Gasteiger partial charge in [-0.25, -0.2) is 0 Å². The van der Waals surface area contributed by atoms with Crippen LogP contribution in [0.1, 0.15) is 11.1 Å². The Kier molecular flexibility index (Phi) is 6.40. The molecule has 0 aliphatic heterocycles. The van der Waals surface area contributed by atoms with Crippen LogP contribution in [0.2, 0.25) is 0 Å². The van der Waals surface area contributed by atoms with Crippen LogP contribution in [0.3, 0.4) is 0 Å². The van der Waals surface area contributed by atoms with E-state index in [2.05, 4.69) is 15.5 Å². The van der Waals surface area contributed by atoms with Crippen LogP contribution >= 0.6 is 23.1 Å². The van der Waals surface area contributed by atoms with Crippen molar-refractivity contribution in [1.82, 2.24) is 10.2 Å². The van der Waals surface area contributed by atoms with Gasteiger partial charge in [0.25, 0.3) is 0 Å². The van der Waals surface area contributed by atoms with Gasteiger partial charge in [-0.1, -0.05) is 65.6 Å². The highest BCUT2D eigenvalue weighted by atomic mass is 32.2. The number of amides is 1. The van der Waals surface area contributed by atoms with Gasteiger partial charge in [-0.3, -0.25) is 10.1 Å². The topological polar surface area (TPSA) is 64.1 Å². The van der Waals surface area contributed by atoms with Gasteiger partial charge < -0.3 is 4.74 Å². The molecule has 0 aliphatic carbocycles. The summed E-state index contributed by atoms with van der Waals surface area (Å²) >= 11 is 2.84. The Morgan fingerprint density at radius 1 is 1.15 bits per heavy atom. The average Bonchev–Trinajstić information content (AvgIpc) is 3.14. The minimum Gasteiger partial charge on any atom is -0.489 e. The molecule has 0 fully saturated rings. The minimum atomic E-state index is -0.238. The van der Waals surface area contributed by atoms with E-state index in [0.29, 0.717) is 11.7 Å². The Morgan fingerprint density at radius 2 is 1.92 bits per heavy atom. The number of hydrogen-bond acceptors (Lipinski definition) is 6. The fraction of sp³-hybridized carbons (Fsp3) is 0.105. The third-order valence-electron chi connectivity index (χ3n) is 3.37. The maximum atomic E-state index is 11.9. The second kappa shape index (κ2) is 9.17. The van der Waals surface area contributed by atoms with E-state index in [1.165, 1.54) is 29.2 Å². The third-order valence-corrected chi connectivity index (χ3v) is 5.18. The monoisotopic (exact) mass is 383 g/mol. The van der Waals surface area contributed by atoms with Crippen molar-refractivity contribution in [3.63, 3.8) is 0 Å². The summed E-state index contributed by atoms with van der Waals surface area (Å²) in [4.78, 5) is 11.9. The normalized spacial score (nSPS) is 10.8. The smallest absolute Gasteiger partial charge is 0.250 e. The lowest BCUT2D eigenvalue weighted by Gasteiger charge is -2.06. The maximum Gasteiger partial charge on any atom is 0.250 e. The quantitative estimate of drug-likeness (QED) is 0.370. The zero-order valence-electron chi connectivity index (χ0n) is 14.1. The van der Waals surface area contributed by atoms with Crippen molar-refractivity contribution in [3.05, 3.63) is 71.8 Å². The molecule has 0 radical (unpaired) electrons. The number of carbonyl (C=O) groups excluding carboxylic acids is 1. The molecule has 0 bridgehead atoms. The van der Waals surface area contributed by atoms with Crippen LogP contribution < -0.4 is 10.1 Å². The molecule has 0 spiro atoms. The van der Waals surface area contributed by atoms with E-state index >= 15 is 0 Å². The number of carbonyl (C=O) groups is 1. The first-order valence-corrected chi connectivity index (χ1v) is 9.90. The molecule has 132 valence electrons.